The van der Waals surface area contributed by atoms with Crippen molar-refractivity contribution in [2.24, 2.45) is 5.73 Å². The van der Waals surface area contributed by atoms with Gasteiger partial charge in [0, 0.05) is 19.6 Å². The molecule has 350 valence electrons. The van der Waals surface area contributed by atoms with Crippen LogP contribution in [0.15, 0.2) is 24.3 Å². The van der Waals surface area contributed by atoms with Crippen molar-refractivity contribution in [2.45, 2.75) is 258 Å². The van der Waals surface area contributed by atoms with E-state index >= 15 is 0 Å². The summed E-state index contributed by atoms with van der Waals surface area (Å²) in [7, 11) is -4.28. The Morgan fingerprint density at radius 3 is 1.32 bits per heavy atom. The smallest absolute Gasteiger partial charge is 0.457 e. The molecule has 0 aliphatic heterocycles. The minimum absolute atomic E-state index is 0.0939. The summed E-state index contributed by atoms with van der Waals surface area (Å²) in [5.41, 5.74) is 5.39. The van der Waals surface area contributed by atoms with Gasteiger partial charge in [-0.1, -0.05) is 224 Å². The zero-order chi connectivity index (χ0) is 43.0. The number of hydrogen-bond donors (Lipinski definition) is 2. The van der Waals surface area contributed by atoms with Crippen molar-refractivity contribution in [1.82, 2.24) is 0 Å². The molecule has 0 aliphatic rings. The van der Waals surface area contributed by atoms with Gasteiger partial charge in [-0.25, -0.2) is 4.57 Å². The van der Waals surface area contributed by atoms with Gasteiger partial charge in [-0.05, 0) is 44.9 Å². The van der Waals surface area contributed by atoms with Crippen LogP contribution in [0.4, 0.5) is 0 Å². The van der Waals surface area contributed by atoms with Gasteiger partial charge < -0.3 is 20.1 Å². The number of unbranched alkanes of at least 4 members (excludes halogenated alkanes) is 32. The lowest BCUT2D eigenvalue weighted by Crippen LogP contribution is -2.28. The SMILES string of the molecule is CCCCCCC/C=C\C/C=C\CCCCCCCCCCCC(=O)OC(COCCCCCCCCCCCCCCCCCCCCC)COP(=O)(O)OCCN. The van der Waals surface area contributed by atoms with Crippen LogP contribution in [-0.2, 0) is 27.9 Å². The molecule has 9 heteroatoms. The molecule has 59 heavy (non-hydrogen) atoms. The fourth-order valence-electron chi connectivity index (χ4n) is 7.38. The van der Waals surface area contributed by atoms with Crippen LogP contribution in [0, 0.1) is 0 Å². The van der Waals surface area contributed by atoms with Gasteiger partial charge in [0.1, 0.15) is 6.10 Å². The van der Waals surface area contributed by atoms with E-state index in [1.54, 1.807) is 0 Å². The number of phosphoric acid groups is 1. The molecule has 2 unspecified atom stereocenters. The molecule has 3 N–H and O–H groups in total. The van der Waals surface area contributed by atoms with E-state index in [2.05, 4.69) is 38.2 Å². The standard InChI is InChI=1S/C50H98NO7P/c1-3-5-7-9-11-13-15-17-19-21-23-24-25-27-29-31-33-35-37-39-41-43-50(52)58-49(48-57-59(53,54)56-46-44-51)47-55-45-42-40-38-36-34-32-30-28-26-22-20-18-16-14-12-10-8-6-4-2/h15,17,21,23,49H,3-14,16,18-20,22,24-48,51H2,1-2H3,(H,53,54)/b17-15-,23-21-. The van der Waals surface area contributed by atoms with E-state index in [9.17, 15) is 14.3 Å². The van der Waals surface area contributed by atoms with Crippen molar-refractivity contribution in [3.8, 4) is 0 Å². The number of carbonyl (C=O) groups excluding carboxylic acids is 1. The first-order valence-corrected chi connectivity index (χ1v) is 26.8. The highest BCUT2D eigenvalue weighted by Crippen LogP contribution is 2.43. The summed E-state index contributed by atoms with van der Waals surface area (Å²) in [4.78, 5) is 22.6. The van der Waals surface area contributed by atoms with Crippen LogP contribution in [-0.4, -0.2) is 49.9 Å². The van der Waals surface area contributed by atoms with Crippen molar-refractivity contribution < 1.29 is 32.8 Å². The molecule has 0 heterocycles. The molecular weight excluding hydrogens is 758 g/mol. The third-order valence-electron chi connectivity index (χ3n) is 11.1. The predicted molar refractivity (Wildman–Crippen MR) is 252 cm³/mol. The molecule has 0 spiro atoms. The Morgan fingerprint density at radius 2 is 0.898 bits per heavy atom. The largest absolute Gasteiger partial charge is 0.472 e. The van der Waals surface area contributed by atoms with E-state index in [0.29, 0.717) is 13.0 Å². The Bertz CT molecular complexity index is 962. The molecule has 0 aromatic carbocycles. The maximum Gasteiger partial charge on any atom is 0.472 e. The zero-order valence-corrected chi connectivity index (χ0v) is 39.9. The van der Waals surface area contributed by atoms with Crippen LogP contribution >= 0.6 is 7.82 Å². The number of phosphoric ester groups is 1. The number of hydrogen-bond acceptors (Lipinski definition) is 7. The third-order valence-corrected chi connectivity index (χ3v) is 12.1. The summed E-state index contributed by atoms with van der Waals surface area (Å²) < 4.78 is 33.6. The minimum atomic E-state index is -4.28. The van der Waals surface area contributed by atoms with Crippen LogP contribution in [0.3, 0.4) is 0 Å². The monoisotopic (exact) mass is 856 g/mol. The Hall–Kier alpha value is -1.02. The molecule has 8 nitrogen and oxygen atoms in total. The minimum Gasteiger partial charge on any atom is -0.457 e. The van der Waals surface area contributed by atoms with Crippen molar-refractivity contribution in [2.75, 3.05) is 33.0 Å². The lowest BCUT2D eigenvalue weighted by atomic mass is 10.0. The van der Waals surface area contributed by atoms with Crippen molar-refractivity contribution in [3.63, 3.8) is 0 Å². The van der Waals surface area contributed by atoms with E-state index in [-0.39, 0.29) is 32.3 Å². The van der Waals surface area contributed by atoms with Crippen molar-refractivity contribution in [3.05, 3.63) is 24.3 Å². The van der Waals surface area contributed by atoms with E-state index in [1.807, 2.05) is 0 Å². The summed E-state index contributed by atoms with van der Waals surface area (Å²) in [5, 5.41) is 0. The predicted octanol–water partition coefficient (Wildman–Crippen LogP) is 15.6. The molecule has 0 saturated carbocycles. The van der Waals surface area contributed by atoms with Gasteiger partial charge in [0.05, 0.1) is 19.8 Å². The fraction of sp³-hybridized carbons (Fsp3) is 0.900. The van der Waals surface area contributed by atoms with Crippen molar-refractivity contribution >= 4 is 13.8 Å². The Morgan fingerprint density at radius 1 is 0.508 bits per heavy atom. The second kappa shape index (κ2) is 48.0. The maximum absolute atomic E-state index is 12.6. The van der Waals surface area contributed by atoms with E-state index < -0.39 is 13.9 Å². The number of carbonyl (C=O) groups is 1. The van der Waals surface area contributed by atoms with Gasteiger partial charge in [0.2, 0.25) is 0 Å². The van der Waals surface area contributed by atoms with Crippen LogP contribution in [0.1, 0.15) is 251 Å². The summed E-state index contributed by atoms with van der Waals surface area (Å²) in [6.07, 6.45) is 54.9. The average molecular weight is 856 g/mol. The molecule has 0 bridgehead atoms. The Labute approximate surface area is 366 Å². The fourth-order valence-corrected chi connectivity index (χ4v) is 8.15. The molecule has 2 atom stereocenters. The molecule has 0 amide bonds. The number of esters is 1. The van der Waals surface area contributed by atoms with Crippen LogP contribution in [0.5, 0.6) is 0 Å². The van der Waals surface area contributed by atoms with Crippen molar-refractivity contribution in [1.29, 1.82) is 0 Å². The van der Waals surface area contributed by atoms with E-state index in [0.717, 1.165) is 38.5 Å². The zero-order valence-electron chi connectivity index (χ0n) is 39.0. The lowest BCUT2D eigenvalue weighted by Gasteiger charge is -2.20. The molecule has 0 saturated heterocycles. The summed E-state index contributed by atoms with van der Waals surface area (Å²) in [5.74, 6) is -0.329. The first-order valence-electron chi connectivity index (χ1n) is 25.3. The van der Waals surface area contributed by atoms with Crippen LogP contribution < -0.4 is 5.73 Å². The quantitative estimate of drug-likeness (QED) is 0.0269. The van der Waals surface area contributed by atoms with Gasteiger partial charge in [-0.3, -0.25) is 13.8 Å². The molecule has 0 aromatic heterocycles. The highest BCUT2D eigenvalue weighted by atomic mass is 31.2. The van der Waals surface area contributed by atoms with Gasteiger partial charge in [0.25, 0.3) is 0 Å². The lowest BCUT2D eigenvalue weighted by molar-refractivity contribution is -0.154. The molecule has 0 fully saturated rings. The molecule has 0 rings (SSSR count). The Kier molecular flexibility index (Phi) is 47.2. The number of ether oxygens (including phenoxy) is 2. The molecule has 0 radical (unpaired) electrons. The normalized spacial score (nSPS) is 13.5. The molecule has 0 aromatic rings. The van der Waals surface area contributed by atoms with Gasteiger partial charge >= 0.3 is 13.8 Å². The van der Waals surface area contributed by atoms with Gasteiger partial charge in [0.15, 0.2) is 0 Å². The molecular formula is C50H98NO7P. The van der Waals surface area contributed by atoms with E-state index in [4.69, 9.17) is 24.3 Å². The Balaban J connectivity index is 3.93. The summed E-state index contributed by atoms with van der Waals surface area (Å²) in [6.45, 7) is 4.96. The van der Waals surface area contributed by atoms with Gasteiger partial charge in [-0.2, -0.15) is 0 Å². The first kappa shape index (κ1) is 58.0. The number of rotatable bonds is 49. The third kappa shape index (κ3) is 47.9. The highest BCUT2D eigenvalue weighted by Gasteiger charge is 2.25. The highest BCUT2D eigenvalue weighted by molar-refractivity contribution is 7.47. The van der Waals surface area contributed by atoms with Crippen LogP contribution in [0.25, 0.3) is 0 Å². The summed E-state index contributed by atoms with van der Waals surface area (Å²) in [6, 6.07) is 0. The van der Waals surface area contributed by atoms with Crippen LogP contribution in [0.2, 0.25) is 0 Å². The maximum atomic E-state index is 12.6. The van der Waals surface area contributed by atoms with Gasteiger partial charge in [-0.15, -0.1) is 0 Å². The van der Waals surface area contributed by atoms with E-state index in [1.165, 1.54) is 193 Å². The second-order valence-electron chi connectivity index (χ2n) is 17.0. The summed E-state index contributed by atoms with van der Waals surface area (Å²) >= 11 is 0. The topological polar surface area (TPSA) is 117 Å². The first-order chi connectivity index (χ1) is 28.9. The average Bonchev–Trinajstić information content (AvgIpc) is 3.23. The number of nitrogens with two attached hydrogens (primary N) is 1. The number of allylic oxidation sites excluding steroid dienone is 4. The second-order valence-corrected chi connectivity index (χ2v) is 18.5. The molecule has 0 aliphatic carbocycles.